The van der Waals surface area contributed by atoms with Crippen LogP contribution >= 0.6 is 0 Å². The van der Waals surface area contributed by atoms with Crippen LogP contribution in [0.25, 0.3) is 0 Å². The molecule has 150 valence electrons. The lowest BCUT2D eigenvalue weighted by Crippen LogP contribution is -2.36. The molecule has 0 amide bonds. The summed E-state index contributed by atoms with van der Waals surface area (Å²) in [6.07, 6.45) is 5.32. The highest BCUT2D eigenvalue weighted by molar-refractivity contribution is 5.75. The van der Waals surface area contributed by atoms with Crippen molar-refractivity contribution in [1.82, 2.24) is 0 Å². The van der Waals surface area contributed by atoms with E-state index < -0.39 is 6.10 Å². The number of benzene rings is 2. The fraction of sp³-hybridized carbons (Fsp3) is 0.458. The number of carbonyl (C=O) groups excluding carboxylic acids is 1. The monoisotopic (exact) mass is 382 g/mol. The van der Waals surface area contributed by atoms with Gasteiger partial charge in [-0.05, 0) is 37.0 Å². The second-order valence-electron chi connectivity index (χ2n) is 7.69. The van der Waals surface area contributed by atoms with Crippen LogP contribution in [-0.2, 0) is 20.9 Å². The predicted molar refractivity (Wildman–Crippen MR) is 109 cm³/mol. The molecule has 1 aliphatic carbocycles. The average Bonchev–Trinajstić information content (AvgIpc) is 2.72. The van der Waals surface area contributed by atoms with Gasteiger partial charge in [0, 0.05) is 5.56 Å². The number of esters is 1. The molecular weight excluding hydrogens is 352 g/mol. The Bertz CT molecular complexity index is 735. The normalized spacial score (nSPS) is 16.0. The molecule has 1 saturated carbocycles. The zero-order valence-corrected chi connectivity index (χ0v) is 16.8. The first-order chi connectivity index (χ1) is 13.6. The maximum absolute atomic E-state index is 12.7. The third kappa shape index (κ3) is 5.83. The van der Waals surface area contributed by atoms with Crippen LogP contribution in [0.3, 0.4) is 0 Å². The second-order valence-corrected chi connectivity index (χ2v) is 7.69. The lowest BCUT2D eigenvalue weighted by molar-refractivity contribution is -0.167. The van der Waals surface area contributed by atoms with Gasteiger partial charge >= 0.3 is 5.97 Å². The molecule has 4 nitrogen and oxygen atoms in total. The maximum atomic E-state index is 12.7. The highest BCUT2D eigenvalue weighted by atomic mass is 16.6. The fourth-order valence-electron chi connectivity index (χ4n) is 3.46. The van der Waals surface area contributed by atoms with Crippen LogP contribution in [0.15, 0.2) is 54.6 Å². The summed E-state index contributed by atoms with van der Waals surface area (Å²) < 4.78 is 17.7. The Morgan fingerprint density at radius 3 is 2.36 bits per heavy atom. The van der Waals surface area contributed by atoms with Crippen molar-refractivity contribution in [3.63, 3.8) is 0 Å². The van der Waals surface area contributed by atoms with Crippen molar-refractivity contribution in [2.75, 3.05) is 0 Å². The van der Waals surface area contributed by atoms with Crippen LogP contribution in [0.1, 0.15) is 51.5 Å². The minimum atomic E-state index is -0.523. The van der Waals surface area contributed by atoms with Crippen molar-refractivity contribution in [2.45, 2.75) is 64.8 Å². The van der Waals surface area contributed by atoms with Crippen LogP contribution in [0.4, 0.5) is 0 Å². The smallest absolute Gasteiger partial charge is 0.335 e. The Morgan fingerprint density at radius 1 is 0.964 bits per heavy atom. The molecule has 0 bridgehead atoms. The first-order valence-electron chi connectivity index (χ1n) is 10.3. The lowest BCUT2D eigenvalue weighted by atomic mass is 9.97. The van der Waals surface area contributed by atoms with Crippen LogP contribution in [0.2, 0.25) is 0 Å². The number of ether oxygens (including phenoxy) is 3. The highest BCUT2D eigenvalue weighted by Gasteiger charge is 2.29. The molecule has 0 radical (unpaired) electrons. The molecular formula is C24H30O4. The summed E-state index contributed by atoms with van der Waals surface area (Å²) in [6, 6.07) is 17.2. The lowest BCUT2D eigenvalue weighted by Gasteiger charge is -2.28. The van der Waals surface area contributed by atoms with Gasteiger partial charge in [0.25, 0.3) is 0 Å². The molecule has 0 aromatic heterocycles. The van der Waals surface area contributed by atoms with Crippen LogP contribution in [0, 0.1) is 5.92 Å². The Labute approximate surface area is 167 Å². The zero-order valence-electron chi connectivity index (χ0n) is 16.8. The summed E-state index contributed by atoms with van der Waals surface area (Å²) in [5.41, 5.74) is 0.833. The number of rotatable bonds is 8. The third-order valence-electron chi connectivity index (χ3n) is 5.04. The molecule has 0 saturated heterocycles. The first-order valence-corrected chi connectivity index (χ1v) is 10.3. The first kappa shape index (κ1) is 20.4. The minimum Gasteiger partial charge on any atom is -0.459 e. The molecule has 1 atom stereocenters. The quantitative estimate of drug-likeness (QED) is 0.534. The summed E-state index contributed by atoms with van der Waals surface area (Å²) in [5, 5.41) is 0. The maximum Gasteiger partial charge on any atom is 0.335 e. The second kappa shape index (κ2) is 10.3. The van der Waals surface area contributed by atoms with Crippen LogP contribution in [-0.4, -0.2) is 18.2 Å². The molecule has 28 heavy (non-hydrogen) atoms. The van der Waals surface area contributed by atoms with Crippen molar-refractivity contribution in [1.29, 1.82) is 0 Å². The van der Waals surface area contributed by atoms with Gasteiger partial charge in [0.15, 0.2) is 6.10 Å². The molecule has 0 aliphatic heterocycles. The molecule has 1 unspecified atom stereocenters. The largest absolute Gasteiger partial charge is 0.459 e. The van der Waals surface area contributed by atoms with E-state index in [4.69, 9.17) is 14.2 Å². The summed E-state index contributed by atoms with van der Waals surface area (Å²) in [7, 11) is 0. The summed E-state index contributed by atoms with van der Waals surface area (Å²) in [4.78, 5) is 12.7. The van der Waals surface area contributed by atoms with Crippen molar-refractivity contribution >= 4 is 5.97 Å². The molecule has 4 heteroatoms. The molecule has 3 rings (SSSR count). The molecule has 2 aromatic carbocycles. The summed E-state index contributed by atoms with van der Waals surface area (Å²) in [5.74, 6) is 1.22. The van der Waals surface area contributed by atoms with E-state index in [-0.39, 0.29) is 24.6 Å². The van der Waals surface area contributed by atoms with Crippen molar-refractivity contribution < 1.29 is 19.0 Å². The molecule has 1 fully saturated rings. The topological polar surface area (TPSA) is 44.8 Å². The van der Waals surface area contributed by atoms with Gasteiger partial charge in [-0.3, -0.25) is 0 Å². The highest BCUT2D eigenvalue weighted by Crippen LogP contribution is 2.27. The minimum absolute atomic E-state index is 0.0743. The van der Waals surface area contributed by atoms with Gasteiger partial charge in [-0.1, -0.05) is 69.5 Å². The van der Waals surface area contributed by atoms with E-state index in [2.05, 4.69) is 0 Å². The Kier molecular flexibility index (Phi) is 7.49. The van der Waals surface area contributed by atoms with E-state index in [1.807, 2.05) is 68.4 Å². The van der Waals surface area contributed by atoms with E-state index in [1.54, 1.807) is 0 Å². The number of carbonyl (C=O) groups is 1. The van der Waals surface area contributed by atoms with Gasteiger partial charge in [-0.2, -0.15) is 0 Å². The molecule has 0 heterocycles. The van der Waals surface area contributed by atoms with Gasteiger partial charge in [0.05, 0.1) is 6.10 Å². The standard InChI is InChI=1S/C24H30O4/c1-18(2)23(28-21-14-7-4-8-15-21)24(25)26-17-19-11-9-10-16-22(19)27-20-12-5-3-6-13-20/h3,5-6,9-13,16,18,21,23H,4,7-8,14-15,17H2,1-2H3. The summed E-state index contributed by atoms with van der Waals surface area (Å²) >= 11 is 0. The summed E-state index contributed by atoms with van der Waals surface area (Å²) in [6.45, 7) is 4.17. The predicted octanol–water partition coefficient (Wildman–Crippen LogP) is 5.90. The Balaban J connectivity index is 1.61. The zero-order chi connectivity index (χ0) is 19.8. The van der Waals surface area contributed by atoms with Gasteiger partial charge in [0.1, 0.15) is 18.1 Å². The Morgan fingerprint density at radius 2 is 1.64 bits per heavy atom. The Hall–Kier alpha value is -2.33. The van der Waals surface area contributed by atoms with Gasteiger partial charge in [0.2, 0.25) is 0 Å². The SMILES string of the molecule is CC(C)C(OC1CCCCC1)C(=O)OCc1ccccc1Oc1ccccc1. The molecule has 1 aliphatic rings. The molecule has 0 spiro atoms. The van der Waals surface area contributed by atoms with E-state index in [0.717, 1.165) is 24.2 Å². The van der Waals surface area contributed by atoms with Gasteiger partial charge in [-0.15, -0.1) is 0 Å². The average molecular weight is 383 g/mol. The van der Waals surface area contributed by atoms with Crippen LogP contribution in [0.5, 0.6) is 11.5 Å². The fourth-order valence-corrected chi connectivity index (χ4v) is 3.46. The third-order valence-corrected chi connectivity index (χ3v) is 5.04. The van der Waals surface area contributed by atoms with Gasteiger partial charge < -0.3 is 14.2 Å². The van der Waals surface area contributed by atoms with Crippen molar-refractivity contribution in [3.8, 4) is 11.5 Å². The number of para-hydroxylation sites is 2. The van der Waals surface area contributed by atoms with E-state index >= 15 is 0 Å². The molecule has 2 aromatic rings. The van der Waals surface area contributed by atoms with E-state index in [0.29, 0.717) is 5.75 Å². The molecule has 0 N–H and O–H groups in total. The van der Waals surface area contributed by atoms with Crippen molar-refractivity contribution in [3.05, 3.63) is 60.2 Å². The van der Waals surface area contributed by atoms with Crippen molar-refractivity contribution in [2.24, 2.45) is 5.92 Å². The number of hydrogen-bond acceptors (Lipinski definition) is 4. The number of hydrogen-bond donors (Lipinski definition) is 0. The van der Waals surface area contributed by atoms with Crippen LogP contribution < -0.4 is 4.74 Å². The van der Waals surface area contributed by atoms with Gasteiger partial charge in [-0.25, -0.2) is 4.79 Å². The van der Waals surface area contributed by atoms with E-state index in [9.17, 15) is 4.79 Å². The van der Waals surface area contributed by atoms with E-state index in [1.165, 1.54) is 19.3 Å².